The molecule has 2 aromatic rings. The molecule has 28 heavy (non-hydrogen) atoms. The summed E-state index contributed by atoms with van der Waals surface area (Å²) >= 11 is 0. The molecule has 1 fully saturated rings. The number of alkyl halides is 3. The van der Waals surface area contributed by atoms with Crippen LogP contribution in [0.1, 0.15) is 24.8 Å². The zero-order valence-corrected chi connectivity index (χ0v) is 15.2. The highest BCUT2D eigenvalue weighted by Crippen LogP contribution is 2.27. The molecular formula is C18H22F3N3O4. The Morgan fingerprint density at radius 3 is 2.86 bits per heavy atom. The highest BCUT2D eigenvalue weighted by molar-refractivity contribution is 5.82. The Morgan fingerprint density at radius 1 is 1.43 bits per heavy atom. The van der Waals surface area contributed by atoms with E-state index in [0.29, 0.717) is 12.0 Å². The van der Waals surface area contributed by atoms with Crippen LogP contribution in [0, 0.1) is 6.92 Å². The molecule has 154 valence electrons. The van der Waals surface area contributed by atoms with Gasteiger partial charge in [-0.05, 0) is 50.4 Å². The Bertz CT molecular complexity index is 900. The number of nitrogens with zero attached hydrogens (tertiary/aromatic N) is 2. The van der Waals surface area contributed by atoms with Gasteiger partial charge in [0.05, 0.1) is 36.0 Å². The third-order valence-electron chi connectivity index (χ3n) is 4.81. The summed E-state index contributed by atoms with van der Waals surface area (Å²) in [6, 6.07) is 1.89. The number of hydrogen-bond donors (Lipinski definition) is 3. The number of piperidine rings is 1. The first-order chi connectivity index (χ1) is 13.1. The van der Waals surface area contributed by atoms with E-state index in [0.717, 1.165) is 29.7 Å². The van der Waals surface area contributed by atoms with Crippen molar-refractivity contribution in [3.8, 4) is 5.75 Å². The molecule has 1 aromatic carbocycles. The number of hydrogen-bond acceptors (Lipinski definition) is 6. The van der Waals surface area contributed by atoms with Gasteiger partial charge in [-0.25, -0.2) is 4.98 Å². The summed E-state index contributed by atoms with van der Waals surface area (Å²) in [6.45, 7) is 2.19. The van der Waals surface area contributed by atoms with Crippen molar-refractivity contribution in [3.63, 3.8) is 0 Å². The van der Waals surface area contributed by atoms with E-state index in [1.165, 1.54) is 13.3 Å². The molecule has 2 heterocycles. The number of aryl methyl sites for hydroxylation is 1. The average molecular weight is 401 g/mol. The van der Waals surface area contributed by atoms with Crippen LogP contribution in [0.3, 0.4) is 0 Å². The summed E-state index contributed by atoms with van der Waals surface area (Å²) in [4.78, 5) is 16.8. The van der Waals surface area contributed by atoms with Crippen LogP contribution in [0.25, 0.3) is 10.9 Å². The predicted octanol–water partition coefficient (Wildman–Crippen LogP) is 1.47. The fourth-order valence-corrected chi connectivity index (χ4v) is 3.51. The molecule has 0 radical (unpaired) electrons. The number of aliphatic hydroxyl groups excluding tert-OH is 2. The second kappa shape index (κ2) is 8.06. The minimum atomic E-state index is -4.87. The Morgan fingerprint density at radius 2 is 2.18 bits per heavy atom. The molecule has 1 aliphatic heterocycles. The lowest BCUT2D eigenvalue weighted by molar-refractivity contribution is -0.274. The molecule has 3 rings (SSSR count). The molecule has 3 atom stereocenters. The monoisotopic (exact) mass is 401 g/mol. The lowest BCUT2D eigenvalue weighted by Crippen LogP contribution is -2.47. The van der Waals surface area contributed by atoms with Crippen molar-refractivity contribution in [1.82, 2.24) is 14.9 Å². The summed E-state index contributed by atoms with van der Waals surface area (Å²) in [5.74, 6) is -0.496. The molecule has 7 nitrogen and oxygen atoms in total. The van der Waals surface area contributed by atoms with Crippen LogP contribution in [0.2, 0.25) is 0 Å². The Kier molecular flexibility index (Phi) is 5.92. The Balaban J connectivity index is 1.83. The van der Waals surface area contributed by atoms with Gasteiger partial charge in [0, 0.05) is 6.04 Å². The van der Waals surface area contributed by atoms with Crippen molar-refractivity contribution in [2.45, 2.75) is 57.3 Å². The quantitative estimate of drug-likeness (QED) is 0.702. The minimum Gasteiger partial charge on any atom is -0.406 e. The third kappa shape index (κ3) is 4.81. The summed E-state index contributed by atoms with van der Waals surface area (Å²) in [5.41, 5.74) is 0.0719. The lowest BCUT2D eigenvalue weighted by atomic mass is 9.96. The summed E-state index contributed by atoms with van der Waals surface area (Å²) in [6.07, 6.45) is -3.38. The third-order valence-corrected chi connectivity index (χ3v) is 4.81. The average Bonchev–Trinajstić information content (AvgIpc) is 2.58. The van der Waals surface area contributed by atoms with Gasteiger partial charge in [0.15, 0.2) is 0 Å². The van der Waals surface area contributed by atoms with E-state index in [1.54, 1.807) is 0 Å². The van der Waals surface area contributed by atoms with Crippen LogP contribution in [-0.2, 0) is 6.54 Å². The standard InChI is InChI=1S/C18H22F3N3O4/c1-10-5-12(28-18(19,20)21)7-13-16(10)23-9-24(17(13)27)8-11(25)6-14-15(26)3-2-4-22-14/h5,7,9,11,14-15,22,25-26H,2-4,6,8H2,1H3/t11?,14-,15+/m1/s1. The molecule has 1 aromatic heterocycles. The number of aliphatic hydroxyl groups is 2. The Hall–Kier alpha value is -2.17. The van der Waals surface area contributed by atoms with E-state index in [2.05, 4.69) is 15.0 Å². The fourth-order valence-electron chi connectivity index (χ4n) is 3.51. The van der Waals surface area contributed by atoms with Crippen molar-refractivity contribution in [1.29, 1.82) is 0 Å². The maximum Gasteiger partial charge on any atom is 0.573 e. The smallest absolute Gasteiger partial charge is 0.406 e. The first kappa shape index (κ1) is 20.6. The van der Waals surface area contributed by atoms with Crippen LogP contribution in [-0.4, -0.2) is 50.9 Å². The highest BCUT2D eigenvalue weighted by Gasteiger charge is 2.31. The number of rotatable bonds is 5. The van der Waals surface area contributed by atoms with E-state index >= 15 is 0 Å². The molecule has 1 aliphatic rings. The van der Waals surface area contributed by atoms with E-state index in [9.17, 15) is 28.2 Å². The van der Waals surface area contributed by atoms with Crippen molar-refractivity contribution in [3.05, 3.63) is 34.4 Å². The molecular weight excluding hydrogens is 379 g/mol. The van der Waals surface area contributed by atoms with Gasteiger partial charge in [0.1, 0.15) is 5.75 Å². The van der Waals surface area contributed by atoms with Crippen molar-refractivity contribution < 1.29 is 28.1 Å². The molecule has 3 N–H and O–H groups in total. The summed E-state index contributed by atoms with van der Waals surface area (Å²) < 4.78 is 42.6. The molecule has 0 aliphatic carbocycles. The first-order valence-corrected chi connectivity index (χ1v) is 8.99. The summed E-state index contributed by atoms with van der Waals surface area (Å²) in [7, 11) is 0. The second-order valence-corrected chi connectivity index (χ2v) is 7.05. The first-order valence-electron chi connectivity index (χ1n) is 8.99. The van der Waals surface area contributed by atoms with Crippen molar-refractivity contribution in [2.75, 3.05) is 6.54 Å². The molecule has 0 saturated carbocycles. The molecule has 1 saturated heterocycles. The van der Waals surface area contributed by atoms with Gasteiger partial charge in [0.25, 0.3) is 5.56 Å². The molecule has 10 heteroatoms. The maximum absolute atomic E-state index is 12.7. The number of nitrogens with one attached hydrogen (secondary N) is 1. The lowest BCUT2D eigenvalue weighted by Gasteiger charge is -2.30. The van der Waals surface area contributed by atoms with Gasteiger partial charge in [-0.15, -0.1) is 13.2 Å². The van der Waals surface area contributed by atoms with Crippen LogP contribution >= 0.6 is 0 Å². The number of ether oxygens (including phenoxy) is 1. The highest BCUT2D eigenvalue weighted by atomic mass is 19.4. The SMILES string of the molecule is Cc1cc(OC(F)(F)F)cc2c(=O)n(CC(O)C[C@H]3NCCC[C@@H]3O)cnc12. The number of benzene rings is 1. The van der Waals surface area contributed by atoms with E-state index in [-0.39, 0.29) is 29.9 Å². The van der Waals surface area contributed by atoms with E-state index in [4.69, 9.17) is 0 Å². The topological polar surface area (TPSA) is 96.6 Å². The predicted molar refractivity (Wildman–Crippen MR) is 95.1 cm³/mol. The molecule has 0 bridgehead atoms. The largest absolute Gasteiger partial charge is 0.573 e. The van der Waals surface area contributed by atoms with Crippen LogP contribution in [0.15, 0.2) is 23.3 Å². The van der Waals surface area contributed by atoms with Gasteiger partial charge < -0.3 is 20.3 Å². The number of halogens is 3. The molecule has 1 unspecified atom stereocenters. The fraction of sp³-hybridized carbons (Fsp3) is 0.556. The maximum atomic E-state index is 12.7. The van der Waals surface area contributed by atoms with Crippen LogP contribution in [0.4, 0.5) is 13.2 Å². The minimum absolute atomic E-state index is 0.0234. The normalized spacial score (nSPS) is 21.6. The van der Waals surface area contributed by atoms with Gasteiger partial charge in [-0.2, -0.15) is 0 Å². The van der Waals surface area contributed by atoms with Crippen molar-refractivity contribution in [2.24, 2.45) is 0 Å². The van der Waals surface area contributed by atoms with E-state index in [1.807, 2.05) is 0 Å². The van der Waals surface area contributed by atoms with Gasteiger partial charge in [0.2, 0.25) is 0 Å². The van der Waals surface area contributed by atoms with Crippen molar-refractivity contribution >= 4 is 10.9 Å². The molecule has 0 amide bonds. The van der Waals surface area contributed by atoms with Gasteiger partial charge >= 0.3 is 6.36 Å². The molecule has 0 spiro atoms. The summed E-state index contributed by atoms with van der Waals surface area (Å²) in [5, 5.41) is 23.4. The second-order valence-electron chi connectivity index (χ2n) is 7.05. The number of fused-ring (bicyclic) bond motifs is 1. The number of aromatic nitrogens is 2. The zero-order valence-electron chi connectivity index (χ0n) is 15.2. The van der Waals surface area contributed by atoms with Gasteiger partial charge in [-0.3, -0.25) is 9.36 Å². The van der Waals surface area contributed by atoms with E-state index < -0.39 is 29.9 Å². The van der Waals surface area contributed by atoms with Crippen LogP contribution in [0.5, 0.6) is 5.75 Å². The zero-order chi connectivity index (χ0) is 20.5. The Labute approximate surface area is 158 Å². The van der Waals surface area contributed by atoms with Gasteiger partial charge in [-0.1, -0.05) is 0 Å². The van der Waals surface area contributed by atoms with Crippen LogP contribution < -0.4 is 15.6 Å².